The van der Waals surface area contributed by atoms with Crippen molar-refractivity contribution in [2.45, 2.75) is 30.8 Å². The molecule has 0 saturated carbocycles. The molecule has 4 rings (SSSR count). The molecule has 9 nitrogen and oxygen atoms in total. The van der Waals surface area contributed by atoms with Crippen LogP contribution >= 0.6 is 0 Å². The van der Waals surface area contributed by atoms with E-state index >= 15 is 0 Å². The van der Waals surface area contributed by atoms with Gasteiger partial charge in [0, 0.05) is 18.3 Å². The van der Waals surface area contributed by atoms with Crippen LogP contribution < -0.4 is 10.6 Å². The number of anilines is 1. The van der Waals surface area contributed by atoms with Gasteiger partial charge < -0.3 is 20.1 Å². The highest BCUT2D eigenvalue weighted by Gasteiger charge is 2.31. The van der Waals surface area contributed by atoms with Crippen molar-refractivity contribution < 1.29 is 27.5 Å². The molecule has 0 spiro atoms. The van der Waals surface area contributed by atoms with Crippen LogP contribution in [-0.2, 0) is 25.9 Å². The molecule has 10 heteroatoms. The van der Waals surface area contributed by atoms with Crippen molar-refractivity contribution in [3.63, 3.8) is 0 Å². The molecule has 2 aliphatic rings. The fourth-order valence-electron chi connectivity index (χ4n) is 3.49. The van der Waals surface area contributed by atoms with Gasteiger partial charge in [0.1, 0.15) is 10.6 Å². The zero-order valence-electron chi connectivity index (χ0n) is 16.5. The van der Waals surface area contributed by atoms with Crippen molar-refractivity contribution in [1.29, 1.82) is 0 Å². The molecule has 160 valence electrons. The van der Waals surface area contributed by atoms with Gasteiger partial charge in [-0.15, -0.1) is 0 Å². The van der Waals surface area contributed by atoms with Gasteiger partial charge in [0.15, 0.2) is 0 Å². The predicted molar refractivity (Wildman–Crippen MR) is 108 cm³/mol. The number of carbonyl (C=O) groups excluding carboxylic acids is 2. The summed E-state index contributed by atoms with van der Waals surface area (Å²) in [6.45, 7) is 3.89. The maximum Gasteiger partial charge on any atom is 0.273 e. The van der Waals surface area contributed by atoms with E-state index in [0.717, 1.165) is 9.54 Å². The monoisotopic (exact) mass is 433 g/mol. The number of fused-ring (bicyclic) bond motifs is 2. The van der Waals surface area contributed by atoms with Crippen molar-refractivity contribution in [3.05, 3.63) is 47.3 Å². The molecule has 1 aromatic heterocycles. The lowest BCUT2D eigenvalue weighted by molar-refractivity contribution is -0.0899. The van der Waals surface area contributed by atoms with E-state index in [1.807, 2.05) is 6.92 Å². The summed E-state index contributed by atoms with van der Waals surface area (Å²) >= 11 is 0. The summed E-state index contributed by atoms with van der Waals surface area (Å²) in [6, 6.07) is 5.73. The Labute approximate surface area is 174 Å². The van der Waals surface area contributed by atoms with E-state index in [1.54, 1.807) is 6.07 Å². The summed E-state index contributed by atoms with van der Waals surface area (Å²) in [4.78, 5) is 25.0. The first kappa shape index (κ1) is 20.6. The molecule has 2 N–H and O–H groups in total. The second-order valence-corrected chi connectivity index (χ2v) is 8.95. The first-order valence-electron chi connectivity index (χ1n) is 9.80. The maximum absolute atomic E-state index is 13.1. The third-order valence-electron chi connectivity index (χ3n) is 5.15. The van der Waals surface area contributed by atoms with Crippen molar-refractivity contribution in [3.8, 4) is 0 Å². The molecule has 30 heavy (non-hydrogen) atoms. The molecular weight excluding hydrogens is 410 g/mol. The fourth-order valence-corrected chi connectivity index (χ4v) is 5.00. The number of hydrogen-bond donors (Lipinski definition) is 2. The van der Waals surface area contributed by atoms with Crippen LogP contribution in [0.5, 0.6) is 0 Å². The van der Waals surface area contributed by atoms with E-state index in [1.165, 1.54) is 24.4 Å². The molecule has 0 unspecified atom stereocenters. The van der Waals surface area contributed by atoms with E-state index in [4.69, 9.17) is 9.47 Å². The molecule has 2 amide bonds. The van der Waals surface area contributed by atoms with E-state index in [-0.39, 0.29) is 33.9 Å². The van der Waals surface area contributed by atoms with Gasteiger partial charge in [0.05, 0.1) is 31.6 Å². The normalized spacial score (nSPS) is 19.9. The van der Waals surface area contributed by atoms with Crippen molar-refractivity contribution in [1.82, 2.24) is 9.29 Å². The van der Waals surface area contributed by atoms with Crippen LogP contribution in [0.1, 0.15) is 39.8 Å². The van der Waals surface area contributed by atoms with Crippen LogP contribution in [0.15, 0.2) is 35.4 Å². The molecule has 1 fully saturated rings. The lowest BCUT2D eigenvalue weighted by Gasteiger charge is -2.22. The highest BCUT2D eigenvalue weighted by molar-refractivity contribution is 7.90. The molecule has 0 bridgehead atoms. The maximum atomic E-state index is 13.1. The SMILES string of the molecule is CCc1cc2n(c1)S(=O)(=O)c1ccc(C(=O)NCC[C@H]3COCCO3)cc1NC2=O. The van der Waals surface area contributed by atoms with E-state index in [2.05, 4.69) is 10.6 Å². The first-order valence-corrected chi connectivity index (χ1v) is 11.2. The van der Waals surface area contributed by atoms with Gasteiger partial charge in [0.25, 0.3) is 21.8 Å². The average molecular weight is 433 g/mol. The van der Waals surface area contributed by atoms with Crippen molar-refractivity contribution in [2.75, 3.05) is 31.7 Å². The lowest BCUT2D eigenvalue weighted by Crippen LogP contribution is -2.33. The second-order valence-electron chi connectivity index (χ2n) is 7.17. The van der Waals surface area contributed by atoms with Crippen molar-refractivity contribution in [2.24, 2.45) is 0 Å². The van der Waals surface area contributed by atoms with Gasteiger partial charge in [-0.3, -0.25) is 9.59 Å². The molecule has 2 aliphatic heterocycles. The van der Waals surface area contributed by atoms with Crippen LogP contribution in [0.3, 0.4) is 0 Å². The molecule has 0 aliphatic carbocycles. The van der Waals surface area contributed by atoms with Crippen LogP contribution in [0.4, 0.5) is 5.69 Å². The minimum Gasteiger partial charge on any atom is -0.376 e. The quantitative estimate of drug-likeness (QED) is 0.736. The second kappa shape index (κ2) is 8.21. The van der Waals surface area contributed by atoms with Gasteiger partial charge in [-0.25, -0.2) is 12.4 Å². The number of nitrogens with one attached hydrogen (secondary N) is 2. The minimum absolute atomic E-state index is 0.0451. The topological polar surface area (TPSA) is 116 Å². The number of benzene rings is 1. The molecule has 1 saturated heterocycles. The molecule has 0 radical (unpaired) electrons. The summed E-state index contributed by atoms with van der Waals surface area (Å²) in [5, 5.41) is 5.41. The highest BCUT2D eigenvalue weighted by atomic mass is 32.2. The number of amides is 2. The number of ether oxygens (including phenoxy) is 2. The summed E-state index contributed by atoms with van der Waals surface area (Å²) in [6.07, 6.45) is 2.61. The van der Waals surface area contributed by atoms with Crippen LogP contribution in [0, 0.1) is 0 Å². The number of nitrogens with zero attached hydrogens (tertiary/aromatic N) is 1. The van der Waals surface area contributed by atoms with Gasteiger partial charge in [0.2, 0.25) is 0 Å². The van der Waals surface area contributed by atoms with Gasteiger partial charge >= 0.3 is 0 Å². The Hall–Kier alpha value is -2.69. The Morgan fingerprint density at radius 3 is 2.87 bits per heavy atom. The summed E-state index contributed by atoms with van der Waals surface area (Å²) < 4.78 is 38.0. The van der Waals surface area contributed by atoms with Gasteiger partial charge in [-0.1, -0.05) is 6.92 Å². The number of rotatable bonds is 5. The van der Waals surface area contributed by atoms with Gasteiger partial charge in [-0.05, 0) is 42.7 Å². The molecular formula is C20H23N3O6S. The number of aryl methyl sites for hydroxylation is 1. The fraction of sp³-hybridized carbons (Fsp3) is 0.400. The number of hydrogen-bond acceptors (Lipinski definition) is 6. The minimum atomic E-state index is -3.96. The Morgan fingerprint density at radius 2 is 2.13 bits per heavy atom. The van der Waals surface area contributed by atoms with Crippen LogP contribution in [0.2, 0.25) is 0 Å². The summed E-state index contributed by atoms with van der Waals surface area (Å²) in [7, 11) is -3.96. The molecule has 2 aromatic rings. The Kier molecular flexibility index (Phi) is 5.63. The zero-order valence-corrected chi connectivity index (χ0v) is 17.3. The molecule has 1 atom stereocenters. The third-order valence-corrected chi connectivity index (χ3v) is 6.88. The lowest BCUT2D eigenvalue weighted by atomic mass is 10.1. The first-order chi connectivity index (χ1) is 14.4. The van der Waals surface area contributed by atoms with Crippen LogP contribution in [-0.4, -0.2) is 56.7 Å². The largest absolute Gasteiger partial charge is 0.376 e. The summed E-state index contributed by atoms with van der Waals surface area (Å²) in [5.41, 5.74) is 1.13. The average Bonchev–Trinajstić information content (AvgIpc) is 3.17. The standard InChI is InChI=1S/C20H23N3O6S/c1-2-13-9-17-20(25)22-16-10-14(3-4-18(16)30(26,27)23(17)11-13)19(24)21-6-5-15-12-28-7-8-29-15/h3-4,9-11,15H,2,5-8,12H2,1H3,(H,21,24)(H,22,25)/t15-/m0/s1. The van der Waals surface area contributed by atoms with E-state index in [0.29, 0.717) is 39.2 Å². The smallest absolute Gasteiger partial charge is 0.273 e. The third kappa shape index (κ3) is 3.85. The molecule has 1 aromatic carbocycles. The zero-order chi connectivity index (χ0) is 21.3. The van der Waals surface area contributed by atoms with Gasteiger partial charge in [-0.2, -0.15) is 0 Å². The number of carbonyl (C=O) groups is 2. The van der Waals surface area contributed by atoms with Crippen LogP contribution in [0.25, 0.3) is 0 Å². The Balaban J connectivity index is 1.54. The number of aromatic nitrogens is 1. The van der Waals surface area contributed by atoms with E-state index in [9.17, 15) is 18.0 Å². The highest BCUT2D eigenvalue weighted by Crippen LogP contribution is 2.30. The molecule has 3 heterocycles. The van der Waals surface area contributed by atoms with E-state index < -0.39 is 15.9 Å². The Morgan fingerprint density at radius 1 is 1.30 bits per heavy atom. The summed E-state index contributed by atoms with van der Waals surface area (Å²) in [5.74, 6) is -0.901. The Bertz CT molecular complexity index is 1090. The predicted octanol–water partition coefficient (Wildman–Crippen LogP) is 1.39. The van der Waals surface area contributed by atoms with Crippen molar-refractivity contribution >= 4 is 27.5 Å².